The third-order valence-electron chi connectivity index (χ3n) is 4.33. The minimum atomic E-state index is -0.307. The highest BCUT2D eigenvalue weighted by atomic mass is 16.5. The summed E-state index contributed by atoms with van der Waals surface area (Å²) in [6, 6.07) is 15.8. The van der Waals surface area contributed by atoms with Crippen LogP contribution in [0.5, 0.6) is 5.75 Å². The first-order chi connectivity index (χ1) is 11.2. The summed E-state index contributed by atoms with van der Waals surface area (Å²) >= 11 is 0. The summed E-state index contributed by atoms with van der Waals surface area (Å²) in [6.07, 6.45) is 0. The van der Waals surface area contributed by atoms with Crippen molar-refractivity contribution in [2.75, 3.05) is 6.73 Å². The molecule has 0 spiro atoms. The second-order valence-electron chi connectivity index (χ2n) is 6.05. The van der Waals surface area contributed by atoms with Crippen LogP contribution in [0.3, 0.4) is 0 Å². The molecule has 0 radical (unpaired) electrons. The van der Waals surface area contributed by atoms with Gasteiger partial charge in [-0.3, -0.25) is 4.90 Å². The van der Waals surface area contributed by atoms with E-state index in [1.165, 1.54) is 16.5 Å². The van der Waals surface area contributed by atoms with E-state index in [4.69, 9.17) is 9.15 Å². The fraction of sp³-hybridized carbons (Fsp3) is 0.211. The second kappa shape index (κ2) is 5.56. The molecule has 0 bridgehead atoms. The minimum absolute atomic E-state index is 0.307. The van der Waals surface area contributed by atoms with Crippen molar-refractivity contribution in [3.05, 3.63) is 75.6 Å². The van der Waals surface area contributed by atoms with Crippen LogP contribution in [0.2, 0.25) is 0 Å². The molecule has 2 heterocycles. The SMILES string of the molecule is Cc1cc(=O)oc2c3c(ccc12)OC[NH+](Cc1ccccc1)C3. The molecule has 116 valence electrons. The molecule has 1 N–H and O–H groups in total. The number of nitrogens with one attached hydrogen (secondary N) is 1. The summed E-state index contributed by atoms with van der Waals surface area (Å²) < 4.78 is 11.4. The summed E-state index contributed by atoms with van der Waals surface area (Å²) in [5.41, 5.74) is 3.55. The highest BCUT2D eigenvalue weighted by Crippen LogP contribution is 2.29. The van der Waals surface area contributed by atoms with Gasteiger partial charge in [0.1, 0.15) is 18.8 Å². The van der Waals surface area contributed by atoms with Gasteiger partial charge in [-0.2, -0.15) is 0 Å². The Hall–Kier alpha value is -2.59. The molecule has 23 heavy (non-hydrogen) atoms. The van der Waals surface area contributed by atoms with E-state index < -0.39 is 0 Å². The maximum atomic E-state index is 11.7. The molecule has 4 rings (SSSR count). The van der Waals surface area contributed by atoms with Gasteiger partial charge in [0.25, 0.3) is 0 Å². The maximum absolute atomic E-state index is 11.7. The van der Waals surface area contributed by atoms with Crippen LogP contribution in [0.25, 0.3) is 11.0 Å². The van der Waals surface area contributed by atoms with Crippen LogP contribution in [0.1, 0.15) is 16.7 Å². The van der Waals surface area contributed by atoms with Gasteiger partial charge in [0.15, 0.2) is 5.58 Å². The topological polar surface area (TPSA) is 43.9 Å². The lowest BCUT2D eigenvalue weighted by atomic mass is 10.0. The number of aryl methyl sites for hydroxylation is 1. The quantitative estimate of drug-likeness (QED) is 0.737. The Bertz CT molecular complexity index is 915. The van der Waals surface area contributed by atoms with E-state index in [9.17, 15) is 4.79 Å². The molecule has 1 aliphatic rings. The van der Waals surface area contributed by atoms with Crippen molar-refractivity contribution in [3.63, 3.8) is 0 Å². The van der Waals surface area contributed by atoms with Gasteiger partial charge in [-0.25, -0.2) is 4.79 Å². The molecule has 4 heteroatoms. The van der Waals surface area contributed by atoms with E-state index in [1.807, 2.05) is 37.3 Å². The lowest BCUT2D eigenvalue weighted by molar-refractivity contribution is -0.945. The third-order valence-corrected chi connectivity index (χ3v) is 4.33. The number of hydrogen-bond donors (Lipinski definition) is 1. The summed E-state index contributed by atoms with van der Waals surface area (Å²) in [7, 11) is 0. The standard InChI is InChI=1S/C19H17NO3/c1-13-9-18(21)23-19-15(13)7-8-17-16(19)11-20(12-22-17)10-14-5-3-2-4-6-14/h2-9H,10-12H2,1H3/p+1. The molecule has 1 unspecified atom stereocenters. The first kappa shape index (κ1) is 14.0. The monoisotopic (exact) mass is 308 g/mol. The molecule has 1 aromatic heterocycles. The Labute approximate surface area is 133 Å². The third kappa shape index (κ3) is 2.62. The van der Waals surface area contributed by atoms with Gasteiger partial charge >= 0.3 is 5.63 Å². The van der Waals surface area contributed by atoms with Crippen LogP contribution < -0.4 is 15.3 Å². The van der Waals surface area contributed by atoms with Crippen molar-refractivity contribution in [1.82, 2.24) is 0 Å². The summed E-state index contributed by atoms with van der Waals surface area (Å²) in [5, 5.41) is 0.980. The lowest BCUT2D eigenvalue weighted by Crippen LogP contribution is -3.10. The molecule has 0 saturated heterocycles. The van der Waals surface area contributed by atoms with E-state index >= 15 is 0 Å². The number of fused-ring (bicyclic) bond motifs is 3. The largest absolute Gasteiger partial charge is 0.445 e. The fourth-order valence-corrected chi connectivity index (χ4v) is 3.20. The second-order valence-corrected chi connectivity index (χ2v) is 6.05. The Kier molecular flexibility index (Phi) is 3.39. The van der Waals surface area contributed by atoms with Gasteiger partial charge in [0, 0.05) is 17.0 Å². The molecule has 0 saturated carbocycles. The summed E-state index contributed by atoms with van der Waals surface area (Å²) in [5.74, 6) is 0.822. The average molecular weight is 308 g/mol. The molecule has 3 aromatic rings. The van der Waals surface area contributed by atoms with E-state index in [-0.39, 0.29) is 5.63 Å². The van der Waals surface area contributed by atoms with Crippen LogP contribution in [0, 0.1) is 6.92 Å². The number of quaternary nitrogens is 1. The minimum Gasteiger partial charge on any atom is -0.445 e. The van der Waals surface area contributed by atoms with Gasteiger partial charge in [0.05, 0.1) is 5.56 Å². The van der Waals surface area contributed by atoms with Crippen molar-refractivity contribution in [2.24, 2.45) is 0 Å². The smallest absolute Gasteiger partial charge is 0.336 e. The number of ether oxygens (including phenoxy) is 1. The highest BCUT2D eigenvalue weighted by Gasteiger charge is 2.24. The van der Waals surface area contributed by atoms with Gasteiger partial charge < -0.3 is 9.15 Å². The van der Waals surface area contributed by atoms with Crippen LogP contribution in [0.4, 0.5) is 0 Å². The van der Waals surface area contributed by atoms with Crippen LogP contribution in [0.15, 0.2) is 57.7 Å². The normalized spacial score (nSPS) is 16.8. The van der Waals surface area contributed by atoms with E-state index in [2.05, 4.69) is 12.1 Å². The predicted octanol–water partition coefficient (Wildman–Crippen LogP) is 2.04. The van der Waals surface area contributed by atoms with E-state index in [0.29, 0.717) is 12.3 Å². The van der Waals surface area contributed by atoms with Gasteiger partial charge in [-0.15, -0.1) is 0 Å². The number of hydrogen-bond acceptors (Lipinski definition) is 3. The summed E-state index contributed by atoms with van der Waals surface area (Å²) in [6.45, 7) is 4.22. The number of benzene rings is 2. The zero-order valence-electron chi connectivity index (χ0n) is 13.0. The molecule has 4 nitrogen and oxygen atoms in total. The Balaban J connectivity index is 1.73. The zero-order valence-corrected chi connectivity index (χ0v) is 13.0. The van der Waals surface area contributed by atoms with Crippen LogP contribution >= 0.6 is 0 Å². The zero-order chi connectivity index (χ0) is 15.8. The Morgan fingerprint density at radius 1 is 1.13 bits per heavy atom. The van der Waals surface area contributed by atoms with Gasteiger partial charge in [-0.05, 0) is 24.6 Å². The van der Waals surface area contributed by atoms with Crippen molar-refractivity contribution in [2.45, 2.75) is 20.0 Å². The van der Waals surface area contributed by atoms with Crippen LogP contribution in [-0.4, -0.2) is 6.73 Å². The molecule has 1 aliphatic heterocycles. The van der Waals surface area contributed by atoms with Crippen molar-refractivity contribution < 1.29 is 14.1 Å². The molecular weight excluding hydrogens is 290 g/mol. The van der Waals surface area contributed by atoms with Gasteiger partial charge in [0.2, 0.25) is 6.73 Å². The summed E-state index contributed by atoms with van der Waals surface area (Å²) in [4.78, 5) is 13.0. The van der Waals surface area contributed by atoms with Crippen LogP contribution in [-0.2, 0) is 13.1 Å². The van der Waals surface area contributed by atoms with Gasteiger partial charge in [-0.1, -0.05) is 30.3 Å². The molecule has 0 fully saturated rings. The molecular formula is C19H18NO3+. The first-order valence-electron chi connectivity index (χ1n) is 7.77. The Morgan fingerprint density at radius 2 is 1.96 bits per heavy atom. The predicted molar refractivity (Wildman–Crippen MR) is 87.5 cm³/mol. The first-order valence-corrected chi connectivity index (χ1v) is 7.77. The molecule has 2 aromatic carbocycles. The molecule has 1 atom stereocenters. The van der Waals surface area contributed by atoms with E-state index in [0.717, 1.165) is 35.4 Å². The number of rotatable bonds is 2. The molecule has 0 amide bonds. The maximum Gasteiger partial charge on any atom is 0.336 e. The van der Waals surface area contributed by atoms with Crippen molar-refractivity contribution >= 4 is 11.0 Å². The average Bonchev–Trinajstić information content (AvgIpc) is 2.55. The molecule has 0 aliphatic carbocycles. The van der Waals surface area contributed by atoms with Crippen molar-refractivity contribution in [1.29, 1.82) is 0 Å². The van der Waals surface area contributed by atoms with E-state index in [1.54, 1.807) is 0 Å². The Morgan fingerprint density at radius 3 is 2.78 bits per heavy atom. The van der Waals surface area contributed by atoms with Crippen molar-refractivity contribution in [3.8, 4) is 5.75 Å². The fourth-order valence-electron chi connectivity index (χ4n) is 3.20. The lowest BCUT2D eigenvalue weighted by Gasteiger charge is -2.26. The highest BCUT2D eigenvalue weighted by molar-refractivity contribution is 5.84.